The van der Waals surface area contributed by atoms with E-state index in [0.29, 0.717) is 22.2 Å². The number of methoxy groups -OCH3 is 1. The Morgan fingerprint density at radius 1 is 1.09 bits per heavy atom. The second kappa shape index (κ2) is 9.23. The average Bonchev–Trinajstić information content (AvgIpc) is 3.33. The first-order valence-corrected chi connectivity index (χ1v) is 10.8. The molecule has 164 valence electrons. The summed E-state index contributed by atoms with van der Waals surface area (Å²) in [5, 5.41) is 7.37. The first-order valence-electron chi connectivity index (χ1n) is 10.0. The summed E-state index contributed by atoms with van der Waals surface area (Å²) in [5.74, 6) is 1.68. The predicted molar refractivity (Wildman–Crippen MR) is 124 cm³/mol. The largest absolute Gasteiger partial charge is 0.497 e. The molecule has 0 spiro atoms. The van der Waals surface area contributed by atoms with Crippen LogP contribution in [0.4, 0.5) is 5.13 Å². The minimum atomic E-state index is -0.283. The van der Waals surface area contributed by atoms with E-state index in [2.05, 4.69) is 15.5 Å². The molecule has 0 bridgehead atoms. The highest BCUT2D eigenvalue weighted by atomic mass is 32.1. The van der Waals surface area contributed by atoms with Crippen LogP contribution in [0.5, 0.6) is 11.5 Å². The molecule has 4 aromatic rings. The fourth-order valence-corrected chi connectivity index (χ4v) is 4.10. The van der Waals surface area contributed by atoms with E-state index in [-0.39, 0.29) is 12.5 Å². The Labute approximate surface area is 190 Å². The maximum atomic E-state index is 13.0. The Morgan fingerprint density at radius 3 is 2.53 bits per heavy atom. The molecule has 1 amide bonds. The number of aromatic nitrogens is 2. The van der Waals surface area contributed by atoms with Gasteiger partial charge in [0.25, 0.3) is 5.91 Å². The zero-order valence-corrected chi connectivity index (χ0v) is 19.1. The summed E-state index contributed by atoms with van der Waals surface area (Å²) < 4.78 is 16.3. The molecule has 0 unspecified atom stereocenters. The van der Waals surface area contributed by atoms with Gasteiger partial charge in [-0.1, -0.05) is 17.3 Å². The molecule has 2 aromatic heterocycles. The van der Waals surface area contributed by atoms with Gasteiger partial charge in [-0.3, -0.25) is 10.1 Å². The van der Waals surface area contributed by atoms with Crippen LogP contribution in [0.25, 0.3) is 11.3 Å². The normalized spacial score (nSPS) is 10.8. The predicted octanol–water partition coefficient (Wildman–Crippen LogP) is 5.56. The topological polar surface area (TPSA) is 86.5 Å². The highest BCUT2D eigenvalue weighted by Gasteiger charge is 2.17. The molecule has 0 aliphatic heterocycles. The molecule has 32 heavy (non-hydrogen) atoms. The monoisotopic (exact) mass is 449 g/mol. The number of carbonyl (C=O) groups excluding carboxylic acids is 1. The lowest BCUT2D eigenvalue weighted by Crippen LogP contribution is -2.13. The van der Waals surface area contributed by atoms with Gasteiger partial charge in [0.2, 0.25) is 0 Å². The number of amides is 1. The number of benzene rings is 2. The molecule has 2 aromatic carbocycles. The third kappa shape index (κ3) is 4.50. The molecule has 0 radical (unpaired) electrons. The Bertz CT molecular complexity index is 1230. The maximum Gasteiger partial charge on any atom is 0.261 e. The Hall–Kier alpha value is -3.65. The zero-order valence-electron chi connectivity index (χ0n) is 18.3. The van der Waals surface area contributed by atoms with Crippen molar-refractivity contribution in [2.24, 2.45) is 0 Å². The highest BCUT2D eigenvalue weighted by Crippen LogP contribution is 2.32. The molecule has 0 aliphatic rings. The molecule has 1 N–H and O–H groups in total. The summed E-state index contributed by atoms with van der Waals surface area (Å²) in [6, 6.07) is 14.8. The number of aryl methyl sites for hydroxylation is 3. The van der Waals surface area contributed by atoms with Crippen molar-refractivity contribution in [3.8, 4) is 22.8 Å². The Balaban J connectivity index is 1.51. The van der Waals surface area contributed by atoms with Crippen molar-refractivity contribution >= 4 is 22.4 Å². The fourth-order valence-electron chi connectivity index (χ4n) is 3.27. The first kappa shape index (κ1) is 21.6. The lowest BCUT2D eigenvalue weighted by molar-refractivity contribution is 0.102. The number of hydrogen-bond donors (Lipinski definition) is 1. The highest BCUT2D eigenvalue weighted by molar-refractivity contribution is 7.16. The van der Waals surface area contributed by atoms with Crippen molar-refractivity contribution in [3.05, 3.63) is 76.0 Å². The third-order valence-electron chi connectivity index (χ3n) is 5.07. The summed E-state index contributed by atoms with van der Waals surface area (Å²) in [6.07, 6.45) is 0. The van der Waals surface area contributed by atoms with E-state index < -0.39 is 0 Å². The van der Waals surface area contributed by atoms with Gasteiger partial charge in [-0.25, -0.2) is 4.98 Å². The summed E-state index contributed by atoms with van der Waals surface area (Å²) in [4.78, 5) is 18.6. The van der Waals surface area contributed by atoms with Crippen LogP contribution in [0.1, 0.15) is 32.3 Å². The number of hydrogen-bond acceptors (Lipinski definition) is 7. The third-order valence-corrected chi connectivity index (χ3v) is 5.95. The number of carbonyl (C=O) groups is 1. The molecule has 4 rings (SSSR count). The maximum absolute atomic E-state index is 13.0. The fraction of sp³-hybridized carbons (Fsp3) is 0.208. The van der Waals surface area contributed by atoms with Gasteiger partial charge in [0.05, 0.1) is 29.6 Å². The first-order chi connectivity index (χ1) is 15.5. The van der Waals surface area contributed by atoms with Gasteiger partial charge in [-0.2, -0.15) is 0 Å². The van der Waals surface area contributed by atoms with Gasteiger partial charge in [0.1, 0.15) is 23.9 Å². The van der Waals surface area contributed by atoms with Crippen LogP contribution < -0.4 is 14.8 Å². The SMILES string of the molecule is COc1ccc(-c2nc(NC(=O)c3ccccc3OCc3c(C)noc3C)sc2C)cc1. The van der Waals surface area contributed by atoms with E-state index in [1.807, 2.05) is 51.1 Å². The standard InChI is InChI=1S/C24H23N3O4S/c1-14-20(15(2)31-27-14)13-30-21-8-6-5-7-19(21)23(28)26-24-25-22(16(3)32-24)17-9-11-18(29-4)12-10-17/h5-12H,13H2,1-4H3,(H,25,26,28). The number of nitrogens with one attached hydrogen (secondary N) is 1. The molecular formula is C24H23N3O4S. The van der Waals surface area contributed by atoms with Gasteiger partial charge in [0.15, 0.2) is 5.13 Å². The van der Waals surface area contributed by atoms with Crippen molar-refractivity contribution < 1.29 is 18.8 Å². The zero-order chi connectivity index (χ0) is 22.7. The van der Waals surface area contributed by atoms with E-state index in [0.717, 1.165) is 33.1 Å². The van der Waals surface area contributed by atoms with E-state index in [1.165, 1.54) is 11.3 Å². The van der Waals surface area contributed by atoms with E-state index >= 15 is 0 Å². The van der Waals surface area contributed by atoms with E-state index in [1.54, 1.807) is 25.3 Å². The average molecular weight is 450 g/mol. The summed E-state index contributed by atoms with van der Waals surface area (Å²) in [5.41, 5.74) is 3.87. The van der Waals surface area contributed by atoms with Gasteiger partial charge < -0.3 is 14.0 Å². The van der Waals surface area contributed by atoms with Crippen LogP contribution >= 0.6 is 11.3 Å². The van der Waals surface area contributed by atoms with Crippen molar-refractivity contribution in [1.29, 1.82) is 0 Å². The molecule has 0 saturated heterocycles. The van der Waals surface area contributed by atoms with E-state index in [4.69, 9.17) is 14.0 Å². The quantitative estimate of drug-likeness (QED) is 0.397. The van der Waals surface area contributed by atoms with Gasteiger partial charge in [-0.05, 0) is 57.2 Å². The second-order valence-electron chi connectivity index (χ2n) is 7.19. The van der Waals surface area contributed by atoms with Crippen LogP contribution in [0.3, 0.4) is 0 Å². The van der Waals surface area contributed by atoms with Crippen molar-refractivity contribution in [3.63, 3.8) is 0 Å². The van der Waals surface area contributed by atoms with Crippen LogP contribution in [-0.2, 0) is 6.61 Å². The molecule has 0 aliphatic carbocycles. The van der Waals surface area contributed by atoms with Gasteiger partial charge >= 0.3 is 0 Å². The summed E-state index contributed by atoms with van der Waals surface area (Å²) in [6.45, 7) is 5.94. The van der Waals surface area contributed by atoms with Crippen LogP contribution in [0, 0.1) is 20.8 Å². The number of ether oxygens (including phenoxy) is 2. The summed E-state index contributed by atoms with van der Waals surface area (Å²) in [7, 11) is 1.63. The lowest BCUT2D eigenvalue weighted by Gasteiger charge is -2.10. The van der Waals surface area contributed by atoms with Gasteiger partial charge in [-0.15, -0.1) is 11.3 Å². The number of thiazole rings is 1. The van der Waals surface area contributed by atoms with E-state index in [9.17, 15) is 4.79 Å². The van der Waals surface area contributed by atoms with Crippen molar-refractivity contribution in [2.45, 2.75) is 27.4 Å². The van der Waals surface area contributed by atoms with Crippen LogP contribution in [-0.4, -0.2) is 23.2 Å². The molecular weight excluding hydrogens is 426 g/mol. The second-order valence-corrected chi connectivity index (χ2v) is 8.40. The smallest absolute Gasteiger partial charge is 0.261 e. The number of nitrogens with zero attached hydrogens (tertiary/aromatic N) is 2. The summed E-state index contributed by atoms with van der Waals surface area (Å²) >= 11 is 1.43. The molecule has 2 heterocycles. The number of rotatable bonds is 7. The molecule has 0 fully saturated rings. The minimum Gasteiger partial charge on any atom is -0.497 e. The number of para-hydroxylation sites is 1. The van der Waals surface area contributed by atoms with Crippen LogP contribution in [0.2, 0.25) is 0 Å². The molecule has 0 atom stereocenters. The minimum absolute atomic E-state index is 0.267. The van der Waals surface area contributed by atoms with Crippen molar-refractivity contribution in [2.75, 3.05) is 12.4 Å². The number of anilines is 1. The Kier molecular flexibility index (Phi) is 6.23. The molecule has 0 saturated carbocycles. The van der Waals surface area contributed by atoms with Crippen molar-refractivity contribution in [1.82, 2.24) is 10.1 Å². The molecule has 8 heteroatoms. The Morgan fingerprint density at radius 2 is 1.84 bits per heavy atom. The van der Waals surface area contributed by atoms with Crippen LogP contribution in [0.15, 0.2) is 53.1 Å². The van der Waals surface area contributed by atoms with Gasteiger partial charge in [0, 0.05) is 10.4 Å². The molecule has 7 nitrogen and oxygen atoms in total. The lowest BCUT2D eigenvalue weighted by atomic mass is 10.1.